The van der Waals surface area contributed by atoms with Crippen LogP contribution in [-0.4, -0.2) is 49.0 Å². The molecule has 0 aliphatic rings. The predicted octanol–water partition coefficient (Wildman–Crippen LogP) is 1.57. The number of nitrogens with zero attached hydrogens (tertiary/aromatic N) is 3. The van der Waals surface area contributed by atoms with E-state index in [1.165, 1.54) is 23.8 Å². The summed E-state index contributed by atoms with van der Waals surface area (Å²) in [5.41, 5.74) is 0. The zero-order chi connectivity index (χ0) is 14.5. The van der Waals surface area contributed by atoms with Crippen molar-refractivity contribution < 1.29 is 13.2 Å². The monoisotopic (exact) mass is 307 g/mol. The summed E-state index contributed by atoms with van der Waals surface area (Å²) in [6.07, 6.45) is 3.14. The molecular formula is C11H18ClN3O3S. The Morgan fingerprint density at radius 1 is 1.42 bits per heavy atom. The van der Waals surface area contributed by atoms with Gasteiger partial charge in [0, 0.05) is 19.7 Å². The van der Waals surface area contributed by atoms with Crippen molar-refractivity contribution in [1.29, 1.82) is 0 Å². The molecule has 0 bridgehead atoms. The number of hydrogen-bond donors (Lipinski definition) is 0. The van der Waals surface area contributed by atoms with Crippen LogP contribution < -0.4 is 0 Å². The maximum absolute atomic E-state index is 12.5. The van der Waals surface area contributed by atoms with E-state index >= 15 is 0 Å². The minimum atomic E-state index is -3.63. The van der Waals surface area contributed by atoms with Crippen molar-refractivity contribution in [3.63, 3.8) is 0 Å². The lowest BCUT2D eigenvalue weighted by molar-refractivity contribution is 0.167. The van der Waals surface area contributed by atoms with Crippen LogP contribution in [0.5, 0.6) is 0 Å². The molecule has 1 heterocycles. The predicted molar refractivity (Wildman–Crippen MR) is 72.6 cm³/mol. The molecule has 0 saturated carbocycles. The molecule has 8 heteroatoms. The third-order valence-corrected chi connectivity index (χ3v) is 4.96. The molecule has 0 aliphatic heterocycles. The molecule has 19 heavy (non-hydrogen) atoms. The standard InChI is InChI=1S/C11H18ClN3O3S/c1-4-9(2)15(5-6-18-3)19(16,17)10-7-13-11(12)14-8-10/h7-9H,4-6H2,1-3H3. The zero-order valence-electron chi connectivity index (χ0n) is 11.2. The van der Waals surface area contributed by atoms with Gasteiger partial charge in [-0.2, -0.15) is 4.31 Å². The van der Waals surface area contributed by atoms with Gasteiger partial charge in [0.15, 0.2) is 0 Å². The molecule has 1 aromatic heterocycles. The van der Waals surface area contributed by atoms with Gasteiger partial charge in [-0.1, -0.05) is 6.92 Å². The first-order valence-corrected chi connectivity index (χ1v) is 7.73. The first kappa shape index (κ1) is 16.3. The third-order valence-electron chi connectivity index (χ3n) is 2.80. The van der Waals surface area contributed by atoms with Gasteiger partial charge in [-0.3, -0.25) is 0 Å². The molecular weight excluding hydrogens is 290 g/mol. The lowest BCUT2D eigenvalue weighted by atomic mass is 10.3. The van der Waals surface area contributed by atoms with Crippen molar-refractivity contribution >= 4 is 21.6 Å². The van der Waals surface area contributed by atoms with Gasteiger partial charge < -0.3 is 4.74 Å². The average Bonchev–Trinajstić information content (AvgIpc) is 2.39. The van der Waals surface area contributed by atoms with Crippen LogP contribution in [0.2, 0.25) is 5.28 Å². The van der Waals surface area contributed by atoms with Crippen LogP contribution in [0.3, 0.4) is 0 Å². The van der Waals surface area contributed by atoms with Crippen LogP contribution in [-0.2, 0) is 14.8 Å². The van der Waals surface area contributed by atoms with Gasteiger partial charge in [-0.15, -0.1) is 0 Å². The van der Waals surface area contributed by atoms with Crippen molar-refractivity contribution in [3.05, 3.63) is 17.7 Å². The van der Waals surface area contributed by atoms with Crippen LogP contribution >= 0.6 is 11.6 Å². The minimum absolute atomic E-state index is 0.0194. The lowest BCUT2D eigenvalue weighted by Crippen LogP contribution is -2.40. The quantitative estimate of drug-likeness (QED) is 0.715. The molecule has 0 radical (unpaired) electrons. The van der Waals surface area contributed by atoms with Gasteiger partial charge in [-0.25, -0.2) is 18.4 Å². The summed E-state index contributed by atoms with van der Waals surface area (Å²) in [6.45, 7) is 4.40. The molecule has 0 aromatic carbocycles. The SMILES string of the molecule is CCC(C)N(CCOC)S(=O)(=O)c1cnc(Cl)nc1. The smallest absolute Gasteiger partial charge is 0.246 e. The second-order valence-corrected chi connectivity index (χ2v) is 6.28. The van der Waals surface area contributed by atoms with Crippen LogP contribution in [0.1, 0.15) is 20.3 Å². The molecule has 0 N–H and O–H groups in total. The largest absolute Gasteiger partial charge is 0.383 e. The van der Waals surface area contributed by atoms with Gasteiger partial charge in [-0.05, 0) is 24.9 Å². The molecule has 1 aromatic rings. The fourth-order valence-electron chi connectivity index (χ4n) is 1.53. The second-order valence-electron chi connectivity index (χ2n) is 4.05. The third kappa shape index (κ3) is 4.10. The summed E-state index contributed by atoms with van der Waals surface area (Å²) in [4.78, 5) is 7.46. The summed E-state index contributed by atoms with van der Waals surface area (Å²) < 4.78 is 31.3. The van der Waals surface area contributed by atoms with Gasteiger partial charge in [0.05, 0.1) is 19.0 Å². The van der Waals surface area contributed by atoms with Gasteiger partial charge in [0.1, 0.15) is 4.90 Å². The molecule has 0 fully saturated rings. The van der Waals surface area contributed by atoms with Gasteiger partial charge in [0.2, 0.25) is 15.3 Å². The molecule has 0 saturated heterocycles. The van der Waals surface area contributed by atoms with E-state index in [2.05, 4.69) is 9.97 Å². The maximum atomic E-state index is 12.5. The summed E-state index contributed by atoms with van der Waals surface area (Å²) in [5.74, 6) is 0. The molecule has 1 unspecified atom stereocenters. The Morgan fingerprint density at radius 3 is 2.47 bits per heavy atom. The Labute approximate surface area is 118 Å². The Morgan fingerprint density at radius 2 is 2.00 bits per heavy atom. The van der Waals surface area contributed by atoms with E-state index in [-0.39, 0.29) is 22.8 Å². The van der Waals surface area contributed by atoms with Crippen LogP contribution in [0.4, 0.5) is 0 Å². The lowest BCUT2D eigenvalue weighted by Gasteiger charge is -2.27. The van der Waals surface area contributed by atoms with Crippen LogP contribution in [0.25, 0.3) is 0 Å². The first-order valence-electron chi connectivity index (χ1n) is 5.91. The molecule has 1 atom stereocenters. The molecule has 6 nitrogen and oxygen atoms in total. The van der Waals surface area contributed by atoms with E-state index in [4.69, 9.17) is 16.3 Å². The fourth-order valence-corrected chi connectivity index (χ4v) is 3.21. The number of ether oxygens (including phenoxy) is 1. The Kier molecular flexibility index (Phi) is 6.12. The first-order chi connectivity index (χ1) is 8.93. The average molecular weight is 308 g/mol. The second kappa shape index (κ2) is 7.14. The maximum Gasteiger partial charge on any atom is 0.246 e. The van der Waals surface area contributed by atoms with E-state index in [0.29, 0.717) is 13.0 Å². The van der Waals surface area contributed by atoms with Crippen molar-refractivity contribution in [2.45, 2.75) is 31.2 Å². The Balaban J connectivity index is 3.07. The number of sulfonamides is 1. The molecule has 0 aliphatic carbocycles. The Hall–Kier alpha value is -0.760. The van der Waals surface area contributed by atoms with Crippen LogP contribution in [0, 0.1) is 0 Å². The minimum Gasteiger partial charge on any atom is -0.383 e. The molecule has 108 valence electrons. The number of aromatic nitrogens is 2. The van der Waals surface area contributed by atoms with E-state index in [0.717, 1.165) is 0 Å². The highest BCUT2D eigenvalue weighted by Gasteiger charge is 2.28. The summed E-state index contributed by atoms with van der Waals surface area (Å²) in [6, 6.07) is -0.129. The normalized spacial score (nSPS) is 13.7. The summed E-state index contributed by atoms with van der Waals surface area (Å²) >= 11 is 5.56. The van der Waals surface area contributed by atoms with Crippen molar-refractivity contribution in [2.75, 3.05) is 20.3 Å². The van der Waals surface area contributed by atoms with E-state index < -0.39 is 10.0 Å². The van der Waals surface area contributed by atoms with Crippen LogP contribution in [0.15, 0.2) is 17.3 Å². The molecule has 1 rings (SSSR count). The summed E-state index contributed by atoms with van der Waals surface area (Å²) in [7, 11) is -2.10. The van der Waals surface area contributed by atoms with Crippen molar-refractivity contribution in [1.82, 2.24) is 14.3 Å². The fraction of sp³-hybridized carbons (Fsp3) is 0.636. The topological polar surface area (TPSA) is 72.4 Å². The number of hydrogen-bond acceptors (Lipinski definition) is 5. The van der Waals surface area contributed by atoms with Gasteiger partial charge in [0.25, 0.3) is 0 Å². The highest BCUT2D eigenvalue weighted by molar-refractivity contribution is 7.89. The molecule has 0 amide bonds. The number of methoxy groups -OCH3 is 1. The van der Waals surface area contributed by atoms with E-state index in [1.807, 2.05) is 13.8 Å². The number of rotatable bonds is 7. The zero-order valence-corrected chi connectivity index (χ0v) is 12.8. The van der Waals surface area contributed by atoms with E-state index in [9.17, 15) is 8.42 Å². The highest BCUT2D eigenvalue weighted by Crippen LogP contribution is 2.18. The van der Waals surface area contributed by atoms with Crippen molar-refractivity contribution in [3.8, 4) is 0 Å². The summed E-state index contributed by atoms with van der Waals surface area (Å²) in [5, 5.41) is 0.0194. The van der Waals surface area contributed by atoms with Crippen molar-refractivity contribution in [2.24, 2.45) is 0 Å². The van der Waals surface area contributed by atoms with E-state index in [1.54, 1.807) is 0 Å². The molecule has 0 spiro atoms. The van der Waals surface area contributed by atoms with Gasteiger partial charge >= 0.3 is 0 Å². The highest BCUT2D eigenvalue weighted by atomic mass is 35.5. The number of halogens is 1. The Bertz CT molecular complexity index is 492.